The van der Waals surface area contributed by atoms with Crippen LogP contribution in [0.4, 0.5) is 0 Å². The summed E-state index contributed by atoms with van der Waals surface area (Å²) in [6, 6.07) is 10.5. The van der Waals surface area contributed by atoms with E-state index >= 15 is 0 Å². The molecule has 0 heterocycles. The molecule has 0 aromatic heterocycles. The Morgan fingerprint density at radius 2 is 2.08 bits per heavy atom. The SMILES string of the molecule is C=C[Se]CCSc1ccccc1. The molecule has 1 aromatic rings. The third kappa shape index (κ3) is 4.01. The average Bonchev–Trinajstić information content (AvgIpc) is 2.14. The van der Waals surface area contributed by atoms with E-state index in [9.17, 15) is 0 Å². The van der Waals surface area contributed by atoms with Gasteiger partial charge in [0.2, 0.25) is 0 Å². The minimum absolute atomic E-state index is 0.641. The van der Waals surface area contributed by atoms with Gasteiger partial charge in [-0.05, 0) is 0 Å². The van der Waals surface area contributed by atoms with Crippen LogP contribution in [0, 0.1) is 0 Å². The first-order valence-electron chi connectivity index (χ1n) is 3.84. The maximum atomic E-state index is 3.72. The molecule has 0 aliphatic rings. The third-order valence-corrected chi connectivity index (χ3v) is 4.35. The van der Waals surface area contributed by atoms with Crippen LogP contribution in [0.2, 0.25) is 5.32 Å². The monoisotopic (exact) mass is 244 g/mol. The Balaban J connectivity index is 2.20. The second-order valence-electron chi connectivity index (χ2n) is 2.20. The molecule has 0 amide bonds. The molecule has 2 heteroatoms. The van der Waals surface area contributed by atoms with Crippen molar-refractivity contribution in [2.45, 2.75) is 10.2 Å². The van der Waals surface area contributed by atoms with Crippen molar-refractivity contribution in [1.29, 1.82) is 0 Å². The molecule has 0 radical (unpaired) electrons. The van der Waals surface area contributed by atoms with Crippen LogP contribution in [-0.4, -0.2) is 20.7 Å². The summed E-state index contributed by atoms with van der Waals surface area (Å²) >= 11 is 2.57. The van der Waals surface area contributed by atoms with Crippen molar-refractivity contribution in [3.63, 3.8) is 0 Å². The first-order chi connectivity index (χ1) is 5.93. The van der Waals surface area contributed by atoms with Crippen molar-refractivity contribution in [3.8, 4) is 0 Å². The van der Waals surface area contributed by atoms with Gasteiger partial charge in [0.05, 0.1) is 0 Å². The van der Waals surface area contributed by atoms with Crippen LogP contribution >= 0.6 is 11.8 Å². The second kappa shape index (κ2) is 6.36. The molecule has 0 unspecified atom stereocenters. The molecule has 0 bridgehead atoms. The van der Waals surface area contributed by atoms with E-state index in [1.807, 2.05) is 16.7 Å². The molecule has 0 spiro atoms. The number of hydrogen-bond donors (Lipinski definition) is 0. The van der Waals surface area contributed by atoms with Gasteiger partial charge in [-0.25, -0.2) is 0 Å². The zero-order valence-corrected chi connectivity index (χ0v) is 9.43. The molecule has 1 rings (SSSR count). The summed E-state index contributed by atoms with van der Waals surface area (Å²) in [5.74, 6) is 1.22. The summed E-state index contributed by atoms with van der Waals surface area (Å²) < 4.78 is 0. The Kier molecular flexibility index (Phi) is 5.25. The maximum absolute atomic E-state index is 3.72. The van der Waals surface area contributed by atoms with Crippen LogP contribution in [0.25, 0.3) is 0 Å². The van der Waals surface area contributed by atoms with E-state index < -0.39 is 0 Å². The molecule has 0 N–H and O–H groups in total. The van der Waals surface area contributed by atoms with Gasteiger partial charge in [0.25, 0.3) is 0 Å². The number of benzene rings is 1. The van der Waals surface area contributed by atoms with Crippen LogP contribution in [-0.2, 0) is 0 Å². The molecular formula is C10H12SSe. The predicted molar refractivity (Wildman–Crippen MR) is 57.9 cm³/mol. The van der Waals surface area contributed by atoms with Crippen LogP contribution in [0.3, 0.4) is 0 Å². The van der Waals surface area contributed by atoms with Gasteiger partial charge >= 0.3 is 84.6 Å². The molecule has 0 fully saturated rings. The van der Waals surface area contributed by atoms with Gasteiger partial charge in [-0.3, -0.25) is 0 Å². The molecule has 0 saturated heterocycles. The Morgan fingerprint density at radius 3 is 2.75 bits per heavy atom. The Morgan fingerprint density at radius 1 is 1.33 bits per heavy atom. The van der Waals surface area contributed by atoms with Gasteiger partial charge in [0.1, 0.15) is 0 Å². The molecule has 0 saturated carbocycles. The van der Waals surface area contributed by atoms with Gasteiger partial charge < -0.3 is 0 Å². The minimum atomic E-state index is 0.641. The summed E-state index contributed by atoms with van der Waals surface area (Å²) in [5, 5.41) is 1.29. The summed E-state index contributed by atoms with van der Waals surface area (Å²) in [4.78, 5) is 3.41. The summed E-state index contributed by atoms with van der Waals surface area (Å²) in [6.45, 7) is 3.72. The van der Waals surface area contributed by atoms with Crippen LogP contribution < -0.4 is 0 Å². The van der Waals surface area contributed by atoms with Crippen molar-refractivity contribution in [1.82, 2.24) is 0 Å². The zero-order valence-electron chi connectivity index (χ0n) is 6.90. The van der Waals surface area contributed by atoms with Gasteiger partial charge in [-0.1, -0.05) is 0 Å². The first kappa shape index (κ1) is 9.91. The van der Waals surface area contributed by atoms with Crippen molar-refractivity contribution in [2.75, 3.05) is 5.75 Å². The normalized spacial score (nSPS) is 9.67. The molecule has 12 heavy (non-hydrogen) atoms. The zero-order chi connectivity index (χ0) is 8.65. The second-order valence-corrected chi connectivity index (χ2v) is 5.62. The van der Waals surface area contributed by atoms with E-state index in [1.54, 1.807) is 0 Å². The molecular weight excluding hydrogens is 231 g/mol. The number of thioether (sulfide) groups is 1. The van der Waals surface area contributed by atoms with Gasteiger partial charge in [-0.2, -0.15) is 0 Å². The average molecular weight is 243 g/mol. The van der Waals surface area contributed by atoms with Gasteiger partial charge in [0, 0.05) is 0 Å². The topological polar surface area (TPSA) is 0 Å². The Hall–Kier alpha value is -0.171. The Bertz CT molecular complexity index is 221. The summed E-state index contributed by atoms with van der Waals surface area (Å²) in [6.07, 6.45) is 0. The predicted octanol–water partition coefficient (Wildman–Crippen LogP) is 3.04. The third-order valence-electron chi connectivity index (χ3n) is 1.33. The summed E-state index contributed by atoms with van der Waals surface area (Å²) in [7, 11) is 0. The van der Waals surface area contributed by atoms with Crippen molar-refractivity contribution >= 4 is 26.7 Å². The standard InChI is InChI=1S/C10H12SSe/c1-2-12-9-8-11-10-6-4-3-5-7-10/h2-7H,1,8-9H2. The van der Waals surface area contributed by atoms with Crippen molar-refractivity contribution < 1.29 is 0 Å². The van der Waals surface area contributed by atoms with E-state index in [0.29, 0.717) is 15.0 Å². The fourth-order valence-corrected chi connectivity index (χ4v) is 3.05. The fourth-order valence-electron chi connectivity index (χ4n) is 0.808. The van der Waals surface area contributed by atoms with E-state index in [2.05, 4.69) is 36.9 Å². The fraction of sp³-hybridized carbons (Fsp3) is 0.200. The van der Waals surface area contributed by atoms with Crippen molar-refractivity contribution in [3.05, 3.63) is 41.9 Å². The van der Waals surface area contributed by atoms with E-state index in [4.69, 9.17) is 0 Å². The van der Waals surface area contributed by atoms with Gasteiger partial charge in [0.15, 0.2) is 0 Å². The molecule has 1 aromatic carbocycles. The molecule has 0 aliphatic carbocycles. The van der Waals surface area contributed by atoms with Crippen LogP contribution in [0.15, 0.2) is 46.8 Å². The van der Waals surface area contributed by atoms with Gasteiger partial charge in [-0.15, -0.1) is 0 Å². The quantitative estimate of drug-likeness (QED) is 0.435. The van der Waals surface area contributed by atoms with Crippen LogP contribution in [0.1, 0.15) is 0 Å². The van der Waals surface area contributed by atoms with E-state index in [-0.39, 0.29) is 0 Å². The molecule has 0 nitrogen and oxygen atoms in total. The van der Waals surface area contributed by atoms with Crippen molar-refractivity contribution in [2.24, 2.45) is 0 Å². The molecule has 64 valence electrons. The molecule has 0 atom stereocenters. The Labute approximate surface area is 84.6 Å². The van der Waals surface area contributed by atoms with Crippen LogP contribution in [0.5, 0.6) is 0 Å². The summed E-state index contributed by atoms with van der Waals surface area (Å²) in [5.41, 5.74) is 0. The van der Waals surface area contributed by atoms with E-state index in [1.165, 1.54) is 16.0 Å². The first-order valence-corrected chi connectivity index (χ1v) is 7.02. The number of rotatable bonds is 5. The molecule has 0 aliphatic heterocycles. The van der Waals surface area contributed by atoms with E-state index in [0.717, 1.165) is 0 Å². The number of hydrogen-bond acceptors (Lipinski definition) is 1.